The summed E-state index contributed by atoms with van der Waals surface area (Å²) in [4.78, 5) is 40.2. The van der Waals surface area contributed by atoms with Crippen molar-refractivity contribution in [1.82, 2.24) is 19.4 Å². The molecule has 2 heterocycles. The summed E-state index contributed by atoms with van der Waals surface area (Å²) in [7, 11) is 0. The molecular formula is C25H36N4O4. The van der Waals surface area contributed by atoms with Crippen LogP contribution in [0.1, 0.15) is 64.8 Å². The molecule has 1 amide bonds. The third kappa shape index (κ3) is 4.71. The lowest BCUT2D eigenvalue weighted by Crippen LogP contribution is -2.48. The van der Waals surface area contributed by atoms with Crippen LogP contribution in [-0.2, 0) is 4.79 Å². The number of amides is 1. The van der Waals surface area contributed by atoms with Gasteiger partial charge in [-0.3, -0.25) is 9.36 Å². The quantitative estimate of drug-likeness (QED) is 0.691. The molecule has 1 aromatic heterocycles. The minimum atomic E-state index is -0.650. The molecule has 4 rings (SSSR count). The van der Waals surface area contributed by atoms with Crippen LogP contribution >= 0.6 is 0 Å². The molecule has 1 aliphatic heterocycles. The number of carboxylic acids is 1. The predicted octanol–water partition coefficient (Wildman–Crippen LogP) is 3.69. The average Bonchev–Trinajstić information content (AvgIpc) is 3.11. The van der Waals surface area contributed by atoms with Crippen LogP contribution in [0.25, 0.3) is 11.0 Å². The summed E-state index contributed by atoms with van der Waals surface area (Å²) in [6, 6.07) is 6.95. The maximum Gasteiger partial charge on any atom is 0.337 e. The van der Waals surface area contributed by atoms with Crippen LogP contribution in [0, 0.1) is 11.3 Å². The van der Waals surface area contributed by atoms with Crippen molar-refractivity contribution < 1.29 is 14.7 Å². The number of carbonyl (C=O) groups excluding carboxylic acids is 1. The van der Waals surface area contributed by atoms with Gasteiger partial charge in [0.1, 0.15) is 0 Å². The largest absolute Gasteiger partial charge is 0.481 e. The van der Waals surface area contributed by atoms with Crippen molar-refractivity contribution >= 4 is 23.0 Å². The smallest absolute Gasteiger partial charge is 0.337 e. The van der Waals surface area contributed by atoms with Gasteiger partial charge in [-0.1, -0.05) is 31.4 Å². The molecule has 180 valence electrons. The summed E-state index contributed by atoms with van der Waals surface area (Å²) in [5, 5.41) is 12.8. The van der Waals surface area contributed by atoms with Crippen molar-refractivity contribution in [2.24, 2.45) is 11.3 Å². The second kappa shape index (κ2) is 9.71. The van der Waals surface area contributed by atoms with Gasteiger partial charge in [-0.2, -0.15) is 0 Å². The van der Waals surface area contributed by atoms with Gasteiger partial charge in [-0.05, 0) is 70.7 Å². The Kier molecular flexibility index (Phi) is 6.93. The van der Waals surface area contributed by atoms with Gasteiger partial charge in [0.05, 0.1) is 16.4 Å². The van der Waals surface area contributed by atoms with Crippen LogP contribution in [0.5, 0.6) is 0 Å². The fraction of sp³-hybridized carbons (Fsp3) is 0.640. The van der Waals surface area contributed by atoms with E-state index in [9.17, 15) is 19.5 Å². The lowest BCUT2D eigenvalue weighted by molar-refractivity contribution is -0.152. The van der Waals surface area contributed by atoms with Gasteiger partial charge < -0.3 is 15.3 Å². The van der Waals surface area contributed by atoms with Crippen LogP contribution in [-0.4, -0.2) is 57.3 Å². The summed E-state index contributed by atoms with van der Waals surface area (Å²) < 4.78 is 2.89. The minimum Gasteiger partial charge on any atom is -0.481 e. The molecule has 1 saturated carbocycles. The van der Waals surface area contributed by atoms with Crippen LogP contribution in [0.2, 0.25) is 0 Å². The molecule has 1 aromatic carbocycles. The van der Waals surface area contributed by atoms with Gasteiger partial charge in [0.25, 0.3) is 0 Å². The Morgan fingerprint density at radius 1 is 1.09 bits per heavy atom. The second-order valence-corrected chi connectivity index (χ2v) is 10.1. The molecule has 0 radical (unpaired) electrons. The van der Waals surface area contributed by atoms with Crippen molar-refractivity contribution in [2.75, 3.05) is 26.2 Å². The number of carboxylic acid groups (broad SMARTS) is 1. The van der Waals surface area contributed by atoms with Crippen molar-refractivity contribution in [3.8, 4) is 0 Å². The number of likely N-dealkylation sites (tertiary alicyclic amines) is 1. The van der Waals surface area contributed by atoms with Gasteiger partial charge >= 0.3 is 17.7 Å². The van der Waals surface area contributed by atoms with Gasteiger partial charge in [0, 0.05) is 19.1 Å². The van der Waals surface area contributed by atoms with E-state index >= 15 is 0 Å². The highest BCUT2D eigenvalue weighted by Gasteiger charge is 2.41. The molecular weight excluding hydrogens is 420 g/mol. The normalized spacial score (nSPS) is 19.7. The number of rotatable bonds is 6. The molecule has 8 nitrogen and oxygen atoms in total. The fourth-order valence-electron chi connectivity index (χ4n) is 5.62. The number of benzene rings is 1. The number of hydrogen-bond donors (Lipinski definition) is 2. The van der Waals surface area contributed by atoms with E-state index in [0.29, 0.717) is 24.5 Å². The highest BCUT2D eigenvalue weighted by Crippen LogP contribution is 2.38. The number of hydrogen-bond acceptors (Lipinski definition) is 4. The number of para-hydroxylation sites is 2. The summed E-state index contributed by atoms with van der Waals surface area (Å²) >= 11 is 0. The number of piperidine rings is 1. The molecule has 2 N–H and O–H groups in total. The predicted molar refractivity (Wildman–Crippen MR) is 128 cm³/mol. The lowest BCUT2D eigenvalue weighted by atomic mass is 9.73. The zero-order chi connectivity index (χ0) is 23.6. The Morgan fingerprint density at radius 2 is 1.73 bits per heavy atom. The molecule has 2 fully saturated rings. The number of fused-ring (bicyclic) bond motifs is 1. The SMILES string of the molecule is CC(C)n1c(=O)n(C(=O)NCC2CCN(CC3(C(=O)O)CCCCC3)CC2)c2ccccc21. The summed E-state index contributed by atoms with van der Waals surface area (Å²) in [5.74, 6) is -0.325. The van der Waals surface area contributed by atoms with Gasteiger partial charge in [-0.15, -0.1) is 0 Å². The number of carbonyl (C=O) groups is 2. The van der Waals surface area contributed by atoms with Crippen LogP contribution in [0.3, 0.4) is 0 Å². The molecule has 2 aromatic rings. The first kappa shape index (κ1) is 23.5. The topological polar surface area (TPSA) is 96.6 Å². The maximum absolute atomic E-state index is 13.0. The first-order valence-electron chi connectivity index (χ1n) is 12.3. The summed E-state index contributed by atoms with van der Waals surface area (Å²) in [5.41, 5.74) is 0.474. The molecule has 0 atom stereocenters. The molecule has 0 spiro atoms. The van der Waals surface area contributed by atoms with Crippen LogP contribution in [0.4, 0.5) is 4.79 Å². The number of aromatic nitrogens is 2. The van der Waals surface area contributed by atoms with Crippen molar-refractivity contribution in [3.63, 3.8) is 0 Å². The Labute approximate surface area is 194 Å². The Hall–Kier alpha value is -2.61. The van der Waals surface area contributed by atoms with E-state index in [4.69, 9.17) is 0 Å². The lowest BCUT2D eigenvalue weighted by Gasteiger charge is -2.40. The minimum absolute atomic E-state index is 0.0426. The zero-order valence-electron chi connectivity index (χ0n) is 19.8. The van der Waals surface area contributed by atoms with Crippen molar-refractivity contribution in [1.29, 1.82) is 0 Å². The van der Waals surface area contributed by atoms with E-state index < -0.39 is 11.4 Å². The molecule has 8 heteroatoms. The summed E-state index contributed by atoms with van der Waals surface area (Å²) in [6.45, 7) is 6.72. The van der Waals surface area contributed by atoms with E-state index in [2.05, 4.69) is 10.2 Å². The Bertz CT molecular complexity index is 1060. The van der Waals surface area contributed by atoms with E-state index in [1.54, 1.807) is 10.6 Å². The zero-order valence-corrected chi connectivity index (χ0v) is 19.8. The maximum atomic E-state index is 13.0. The molecule has 2 aliphatic rings. The molecule has 1 saturated heterocycles. The molecule has 0 unspecified atom stereocenters. The highest BCUT2D eigenvalue weighted by atomic mass is 16.4. The second-order valence-electron chi connectivity index (χ2n) is 10.1. The monoisotopic (exact) mass is 456 g/mol. The van der Waals surface area contributed by atoms with Gasteiger partial charge in [-0.25, -0.2) is 14.2 Å². The van der Waals surface area contributed by atoms with Crippen LogP contribution in [0.15, 0.2) is 29.1 Å². The van der Waals surface area contributed by atoms with Crippen LogP contribution < -0.4 is 11.0 Å². The third-order valence-corrected chi connectivity index (χ3v) is 7.54. The Balaban J connectivity index is 1.35. The average molecular weight is 457 g/mol. The van der Waals surface area contributed by atoms with E-state index in [1.165, 1.54) is 4.57 Å². The van der Waals surface area contributed by atoms with E-state index in [1.807, 2.05) is 32.0 Å². The first-order chi connectivity index (χ1) is 15.8. The standard InChI is InChI=1S/C25H36N4O4/c1-18(2)28-20-8-4-5-9-21(20)29(24(28)33)23(32)26-16-19-10-14-27(15-11-19)17-25(22(30)31)12-6-3-7-13-25/h4-5,8-9,18-19H,3,6-7,10-17H2,1-2H3,(H,26,32)(H,30,31). The number of aliphatic carboxylic acids is 1. The van der Waals surface area contributed by atoms with E-state index in [0.717, 1.165) is 63.6 Å². The third-order valence-electron chi connectivity index (χ3n) is 7.54. The first-order valence-corrected chi connectivity index (χ1v) is 12.3. The highest BCUT2D eigenvalue weighted by molar-refractivity contribution is 5.89. The van der Waals surface area contributed by atoms with Gasteiger partial charge in [0.15, 0.2) is 0 Å². The summed E-state index contributed by atoms with van der Waals surface area (Å²) in [6.07, 6.45) is 6.52. The Morgan fingerprint density at radius 3 is 2.33 bits per heavy atom. The molecule has 33 heavy (non-hydrogen) atoms. The van der Waals surface area contributed by atoms with Crippen molar-refractivity contribution in [3.05, 3.63) is 34.7 Å². The molecule has 1 aliphatic carbocycles. The number of nitrogens with zero attached hydrogens (tertiary/aromatic N) is 3. The van der Waals surface area contributed by atoms with E-state index in [-0.39, 0.29) is 17.8 Å². The number of nitrogens with one attached hydrogen (secondary N) is 1. The number of imidazole rings is 1. The fourth-order valence-corrected chi connectivity index (χ4v) is 5.62. The van der Waals surface area contributed by atoms with Gasteiger partial charge in [0.2, 0.25) is 0 Å². The van der Waals surface area contributed by atoms with Crippen molar-refractivity contribution in [2.45, 2.75) is 64.8 Å². The molecule has 0 bridgehead atoms.